The maximum atomic E-state index is 12.0. The van der Waals surface area contributed by atoms with Crippen LogP contribution in [-0.4, -0.2) is 42.1 Å². The number of aliphatic hydroxyl groups excluding tert-OH is 1. The van der Waals surface area contributed by atoms with Crippen LogP contribution in [0.5, 0.6) is 0 Å². The zero-order chi connectivity index (χ0) is 31.1. The molecule has 0 amide bonds. The minimum absolute atomic E-state index is 0.114. The lowest BCUT2D eigenvalue weighted by molar-refractivity contribution is -0.161. The lowest BCUT2D eigenvalue weighted by Crippen LogP contribution is -2.28. The fraction of sp³-hybridized carbons (Fsp3) is 0.694. The summed E-state index contributed by atoms with van der Waals surface area (Å²) in [6.07, 6.45) is 31.6. The molecule has 6 heteroatoms. The zero-order valence-electron chi connectivity index (χ0n) is 26.9. The summed E-state index contributed by atoms with van der Waals surface area (Å²) in [7, 11) is 0. The molecule has 1 N–H and O–H groups in total. The molecule has 6 nitrogen and oxygen atoms in total. The number of carbonyl (C=O) groups is 3. The van der Waals surface area contributed by atoms with Gasteiger partial charge >= 0.3 is 11.9 Å². The summed E-state index contributed by atoms with van der Waals surface area (Å²) in [5.41, 5.74) is 0. The SMILES string of the molecule is CCCCCC(=O)/C=C/C=C\C/C=C\C/C=C\CCCC(=O)OC[C@H](CO)OC(=O)CCCCCCCCCC(C)C. The van der Waals surface area contributed by atoms with E-state index in [4.69, 9.17) is 9.47 Å². The average molecular weight is 589 g/mol. The molecular weight excluding hydrogens is 528 g/mol. The fourth-order valence-corrected chi connectivity index (χ4v) is 4.21. The lowest BCUT2D eigenvalue weighted by atomic mass is 10.0. The van der Waals surface area contributed by atoms with Crippen molar-refractivity contribution in [3.63, 3.8) is 0 Å². The van der Waals surface area contributed by atoms with Crippen LogP contribution in [0.3, 0.4) is 0 Å². The highest BCUT2D eigenvalue weighted by Crippen LogP contribution is 2.13. The number of ether oxygens (including phenoxy) is 2. The monoisotopic (exact) mass is 588 g/mol. The van der Waals surface area contributed by atoms with Crippen molar-refractivity contribution in [2.24, 2.45) is 5.92 Å². The first-order chi connectivity index (χ1) is 20.4. The minimum Gasteiger partial charge on any atom is -0.462 e. The van der Waals surface area contributed by atoms with Gasteiger partial charge in [-0.2, -0.15) is 0 Å². The Balaban J connectivity index is 3.79. The Morgan fingerprint density at radius 2 is 1.31 bits per heavy atom. The molecular formula is C36H60O6. The predicted molar refractivity (Wildman–Crippen MR) is 173 cm³/mol. The van der Waals surface area contributed by atoms with Crippen molar-refractivity contribution >= 4 is 17.7 Å². The second-order valence-electron chi connectivity index (χ2n) is 11.4. The van der Waals surface area contributed by atoms with E-state index in [1.165, 1.54) is 32.1 Å². The van der Waals surface area contributed by atoms with Gasteiger partial charge in [-0.25, -0.2) is 0 Å². The first kappa shape index (κ1) is 39.5. The molecule has 0 saturated carbocycles. The Hall–Kier alpha value is -2.47. The van der Waals surface area contributed by atoms with Crippen LogP contribution in [0.25, 0.3) is 0 Å². The van der Waals surface area contributed by atoms with Crippen molar-refractivity contribution in [3.8, 4) is 0 Å². The topological polar surface area (TPSA) is 89.9 Å². The normalized spacial score (nSPS) is 12.8. The van der Waals surface area contributed by atoms with E-state index in [-0.39, 0.29) is 37.4 Å². The van der Waals surface area contributed by atoms with Crippen LogP contribution in [0, 0.1) is 5.92 Å². The van der Waals surface area contributed by atoms with Gasteiger partial charge in [0.05, 0.1) is 6.61 Å². The minimum atomic E-state index is -0.807. The third kappa shape index (κ3) is 29.0. The molecule has 0 radical (unpaired) electrons. The summed E-state index contributed by atoms with van der Waals surface area (Å²) in [6.45, 7) is 6.17. The number of esters is 2. The van der Waals surface area contributed by atoms with Crippen molar-refractivity contribution in [3.05, 3.63) is 48.6 Å². The number of allylic oxidation sites excluding steroid dienone is 8. The number of carbonyl (C=O) groups excluding carboxylic acids is 3. The van der Waals surface area contributed by atoms with E-state index in [0.717, 1.165) is 63.7 Å². The van der Waals surface area contributed by atoms with Crippen molar-refractivity contribution in [2.75, 3.05) is 13.2 Å². The van der Waals surface area contributed by atoms with E-state index < -0.39 is 6.10 Å². The van der Waals surface area contributed by atoms with Gasteiger partial charge in [0, 0.05) is 19.3 Å². The molecule has 1 atom stereocenters. The Kier molecular flexibility index (Phi) is 28.2. The molecule has 0 bridgehead atoms. The molecule has 240 valence electrons. The quantitative estimate of drug-likeness (QED) is 0.0323. The standard InChI is InChI=1S/C36H60O6/c1-4-5-20-26-33(38)27-22-17-13-9-7-6-8-10-14-18-23-28-35(39)41-31-34(30-37)42-36(40)29-24-19-15-11-12-16-21-25-32(2)3/h6-7,10,13-14,17,22,27,32,34,37H,4-5,8-9,11-12,15-16,18-21,23-26,28-31H2,1-3H3/b7-6-,14-10-,17-13-,27-22+/t34-/m0/s1. The summed E-state index contributed by atoms with van der Waals surface area (Å²) in [5, 5.41) is 9.47. The summed E-state index contributed by atoms with van der Waals surface area (Å²) in [4.78, 5) is 35.7. The molecule has 0 saturated heterocycles. The number of rotatable bonds is 28. The summed E-state index contributed by atoms with van der Waals surface area (Å²) in [5.74, 6) is 0.266. The van der Waals surface area contributed by atoms with Gasteiger partial charge in [-0.05, 0) is 50.5 Å². The van der Waals surface area contributed by atoms with Crippen molar-refractivity contribution in [2.45, 2.75) is 142 Å². The highest BCUT2D eigenvalue weighted by Gasteiger charge is 2.16. The van der Waals surface area contributed by atoms with Crippen LogP contribution in [-0.2, 0) is 23.9 Å². The number of ketones is 1. The molecule has 0 unspecified atom stereocenters. The Morgan fingerprint density at radius 3 is 2.00 bits per heavy atom. The molecule has 0 aromatic carbocycles. The van der Waals surface area contributed by atoms with Crippen LogP contribution in [0.2, 0.25) is 0 Å². The number of hydrogen-bond donors (Lipinski definition) is 1. The smallest absolute Gasteiger partial charge is 0.306 e. The second kappa shape index (κ2) is 30.0. The summed E-state index contributed by atoms with van der Waals surface area (Å²) < 4.78 is 10.5. The maximum absolute atomic E-state index is 12.0. The molecule has 0 aliphatic rings. The third-order valence-corrected chi connectivity index (χ3v) is 6.78. The van der Waals surface area contributed by atoms with E-state index in [1.54, 1.807) is 6.08 Å². The highest BCUT2D eigenvalue weighted by molar-refractivity contribution is 5.89. The van der Waals surface area contributed by atoms with Crippen molar-refractivity contribution in [1.29, 1.82) is 0 Å². The second-order valence-corrected chi connectivity index (χ2v) is 11.4. The average Bonchev–Trinajstić information content (AvgIpc) is 2.96. The van der Waals surface area contributed by atoms with Gasteiger partial charge in [-0.1, -0.05) is 121 Å². The van der Waals surface area contributed by atoms with Gasteiger partial charge in [0.25, 0.3) is 0 Å². The highest BCUT2D eigenvalue weighted by atomic mass is 16.6. The molecule has 0 heterocycles. The Morgan fingerprint density at radius 1 is 0.690 bits per heavy atom. The number of aliphatic hydroxyl groups is 1. The van der Waals surface area contributed by atoms with Gasteiger partial charge in [0.2, 0.25) is 0 Å². The summed E-state index contributed by atoms with van der Waals surface area (Å²) in [6, 6.07) is 0. The van der Waals surface area contributed by atoms with Gasteiger partial charge in [-0.3, -0.25) is 14.4 Å². The Labute approximate surface area is 256 Å². The number of hydrogen-bond acceptors (Lipinski definition) is 6. The lowest BCUT2D eigenvalue weighted by Gasteiger charge is -2.15. The van der Waals surface area contributed by atoms with E-state index >= 15 is 0 Å². The third-order valence-electron chi connectivity index (χ3n) is 6.78. The van der Waals surface area contributed by atoms with Crippen molar-refractivity contribution in [1.82, 2.24) is 0 Å². The molecule has 0 fully saturated rings. The van der Waals surface area contributed by atoms with E-state index in [2.05, 4.69) is 39.0 Å². The fourth-order valence-electron chi connectivity index (χ4n) is 4.21. The van der Waals surface area contributed by atoms with Gasteiger partial charge in [0.1, 0.15) is 6.61 Å². The van der Waals surface area contributed by atoms with Gasteiger partial charge in [0.15, 0.2) is 11.9 Å². The van der Waals surface area contributed by atoms with Gasteiger partial charge in [-0.15, -0.1) is 0 Å². The van der Waals surface area contributed by atoms with E-state index in [1.807, 2.05) is 24.3 Å². The van der Waals surface area contributed by atoms with Crippen LogP contribution in [0.1, 0.15) is 136 Å². The van der Waals surface area contributed by atoms with E-state index in [0.29, 0.717) is 19.3 Å². The molecule has 0 spiro atoms. The first-order valence-corrected chi connectivity index (χ1v) is 16.5. The summed E-state index contributed by atoms with van der Waals surface area (Å²) >= 11 is 0. The molecule has 0 aliphatic carbocycles. The Bertz CT molecular complexity index is 793. The first-order valence-electron chi connectivity index (χ1n) is 16.5. The van der Waals surface area contributed by atoms with Crippen LogP contribution >= 0.6 is 0 Å². The van der Waals surface area contributed by atoms with Crippen LogP contribution < -0.4 is 0 Å². The molecule has 0 rings (SSSR count). The maximum Gasteiger partial charge on any atom is 0.306 e. The van der Waals surface area contributed by atoms with Gasteiger partial charge < -0.3 is 14.6 Å². The molecule has 0 aromatic rings. The predicted octanol–water partition coefficient (Wildman–Crippen LogP) is 8.93. The number of unbranched alkanes of at least 4 members (excludes halogenated alkanes) is 9. The molecule has 42 heavy (non-hydrogen) atoms. The van der Waals surface area contributed by atoms with Crippen LogP contribution in [0.15, 0.2) is 48.6 Å². The molecule has 0 aromatic heterocycles. The largest absolute Gasteiger partial charge is 0.462 e. The van der Waals surface area contributed by atoms with E-state index in [9.17, 15) is 19.5 Å². The molecule has 0 aliphatic heterocycles. The zero-order valence-corrected chi connectivity index (χ0v) is 26.9. The van der Waals surface area contributed by atoms with Crippen molar-refractivity contribution < 1.29 is 29.0 Å². The van der Waals surface area contributed by atoms with Crippen LogP contribution in [0.4, 0.5) is 0 Å².